The first-order valence-corrected chi connectivity index (χ1v) is 5.60. The molecule has 0 radical (unpaired) electrons. The minimum absolute atomic E-state index is 0.461. The number of nitrogens with two attached hydrogens (primary N) is 1. The van der Waals surface area contributed by atoms with E-state index in [9.17, 15) is 5.26 Å². The molecule has 0 saturated carbocycles. The molecule has 0 amide bonds. The lowest BCUT2D eigenvalue weighted by Crippen LogP contribution is -2.32. The van der Waals surface area contributed by atoms with E-state index >= 15 is 0 Å². The van der Waals surface area contributed by atoms with Gasteiger partial charge in [0.25, 0.3) is 0 Å². The number of hydrogen-bond donors (Lipinski definition) is 1. The van der Waals surface area contributed by atoms with Gasteiger partial charge in [-0.15, -0.1) is 0 Å². The van der Waals surface area contributed by atoms with Gasteiger partial charge in [0.2, 0.25) is 0 Å². The second kappa shape index (κ2) is 4.32. The lowest BCUT2D eigenvalue weighted by Gasteiger charge is -2.31. The highest BCUT2D eigenvalue weighted by molar-refractivity contribution is 6.33. The van der Waals surface area contributed by atoms with Crippen LogP contribution in [-0.4, -0.2) is 13.2 Å². The molecule has 1 heterocycles. The van der Waals surface area contributed by atoms with E-state index in [1.165, 1.54) is 0 Å². The van der Waals surface area contributed by atoms with E-state index in [1.807, 2.05) is 6.07 Å². The minimum Gasteiger partial charge on any atom is -0.398 e. The van der Waals surface area contributed by atoms with Crippen LogP contribution < -0.4 is 5.73 Å². The van der Waals surface area contributed by atoms with E-state index in [1.54, 1.807) is 12.1 Å². The summed E-state index contributed by atoms with van der Waals surface area (Å²) in [6, 6.07) is 7.84. The van der Waals surface area contributed by atoms with Crippen LogP contribution in [0.15, 0.2) is 18.2 Å². The number of halogens is 1. The molecule has 3 nitrogen and oxygen atoms in total. The number of ether oxygens (including phenoxy) is 1. The first kappa shape index (κ1) is 11.3. The number of hydrogen-bond acceptors (Lipinski definition) is 3. The summed E-state index contributed by atoms with van der Waals surface area (Å²) in [5.41, 5.74) is 6.78. The molecule has 1 saturated heterocycles. The highest BCUT2D eigenvalue weighted by Gasteiger charge is 2.34. The Morgan fingerprint density at radius 1 is 1.38 bits per heavy atom. The van der Waals surface area contributed by atoms with Gasteiger partial charge in [0.15, 0.2) is 0 Å². The molecule has 1 fully saturated rings. The molecule has 0 aliphatic carbocycles. The molecule has 1 aromatic carbocycles. The van der Waals surface area contributed by atoms with Gasteiger partial charge in [-0.05, 0) is 30.5 Å². The standard InChI is InChI=1S/C12H13ClN2O/c13-10-2-1-9(7-11(10)15)12(8-14)3-5-16-6-4-12/h1-2,7H,3-6,15H2. The topological polar surface area (TPSA) is 59.0 Å². The Hall–Kier alpha value is -1.24. The third-order valence-corrected chi connectivity index (χ3v) is 3.45. The lowest BCUT2D eigenvalue weighted by atomic mass is 9.75. The largest absolute Gasteiger partial charge is 0.398 e. The first-order chi connectivity index (χ1) is 7.68. The van der Waals surface area contributed by atoms with Crippen molar-refractivity contribution in [2.24, 2.45) is 0 Å². The summed E-state index contributed by atoms with van der Waals surface area (Å²) in [4.78, 5) is 0. The van der Waals surface area contributed by atoms with Crippen LogP contribution >= 0.6 is 11.6 Å². The molecule has 1 aliphatic heterocycles. The minimum atomic E-state index is -0.461. The van der Waals surface area contributed by atoms with Gasteiger partial charge < -0.3 is 10.5 Å². The fourth-order valence-corrected chi connectivity index (χ4v) is 2.14. The average molecular weight is 237 g/mol. The summed E-state index contributed by atoms with van der Waals surface area (Å²) in [6.45, 7) is 1.24. The quantitative estimate of drug-likeness (QED) is 0.763. The maximum absolute atomic E-state index is 9.38. The maximum atomic E-state index is 9.38. The molecule has 0 aromatic heterocycles. The predicted octanol–water partition coefficient (Wildman–Crippen LogP) is 2.49. The van der Waals surface area contributed by atoms with Gasteiger partial charge in [-0.3, -0.25) is 0 Å². The van der Waals surface area contributed by atoms with E-state index in [2.05, 4.69) is 6.07 Å². The van der Waals surface area contributed by atoms with Crippen molar-refractivity contribution >= 4 is 17.3 Å². The number of benzene rings is 1. The van der Waals surface area contributed by atoms with E-state index < -0.39 is 5.41 Å². The SMILES string of the molecule is N#CC1(c2ccc(Cl)c(N)c2)CCOCC1. The summed E-state index contributed by atoms with van der Waals surface area (Å²) in [5, 5.41) is 9.91. The van der Waals surface area contributed by atoms with Crippen LogP contribution in [0, 0.1) is 11.3 Å². The Balaban J connectivity index is 2.40. The molecule has 1 aromatic rings. The molecular formula is C12H13ClN2O. The van der Waals surface area contributed by atoms with Crippen LogP contribution in [0.4, 0.5) is 5.69 Å². The molecule has 84 valence electrons. The molecule has 2 rings (SSSR count). The van der Waals surface area contributed by atoms with Crippen LogP contribution in [0.25, 0.3) is 0 Å². The van der Waals surface area contributed by atoms with Gasteiger partial charge in [-0.1, -0.05) is 17.7 Å². The third-order valence-electron chi connectivity index (χ3n) is 3.11. The zero-order chi connectivity index (χ0) is 11.6. The molecule has 2 N–H and O–H groups in total. The fourth-order valence-electron chi connectivity index (χ4n) is 2.03. The molecule has 0 spiro atoms. The van der Waals surface area contributed by atoms with Crippen molar-refractivity contribution in [1.29, 1.82) is 5.26 Å². The van der Waals surface area contributed by atoms with Gasteiger partial charge in [-0.2, -0.15) is 5.26 Å². The Morgan fingerprint density at radius 2 is 2.06 bits per heavy atom. The van der Waals surface area contributed by atoms with Crippen molar-refractivity contribution in [2.45, 2.75) is 18.3 Å². The monoisotopic (exact) mass is 236 g/mol. The lowest BCUT2D eigenvalue weighted by molar-refractivity contribution is 0.0675. The molecule has 0 bridgehead atoms. The van der Waals surface area contributed by atoms with Gasteiger partial charge in [0.05, 0.1) is 22.2 Å². The van der Waals surface area contributed by atoms with Crippen LogP contribution in [0.5, 0.6) is 0 Å². The zero-order valence-electron chi connectivity index (χ0n) is 8.87. The van der Waals surface area contributed by atoms with E-state index in [-0.39, 0.29) is 0 Å². The third kappa shape index (κ3) is 1.87. The second-order valence-electron chi connectivity index (χ2n) is 4.04. The van der Waals surface area contributed by atoms with Crippen molar-refractivity contribution < 1.29 is 4.74 Å². The van der Waals surface area contributed by atoms with Crippen molar-refractivity contribution in [3.8, 4) is 6.07 Å². The summed E-state index contributed by atoms with van der Waals surface area (Å²) < 4.78 is 5.29. The normalized spacial score (nSPS) is 19.0. The first-order valence-electron chi connectivity index (χ1n) is 5.22. The Bertz CT molecular complexity index is 433. The van der Waals surface area contributed by atoms with E-state index in [4.69, 9.17) is 22.1 Å². The number of rotatable bonds is 1. The van der Waals surface area contributed by atoms with Crippen LogP contribution in [0.3, 0.4) is 0 Å². The smallest absolute Gasteiger partial charge is 0.0866 e. The molecule has 0 atom stereocenters. The molecule has 0 unspecified atom stereocenters. The maximum Gasteiger partial charge on any atom is 0.0866 e. The summed E-state index contributed by atoms with van der Waals surface area (Å²) in [7, 11) is 0. The zero-order valence-corrected chi connectivity index (χ0v) is 9.63. The Labute approximate surface area is 99.8 Å². The Morgan fingerprint density at radius 3 is 2.62 bits per heavy atom. The number of nitrogen functional groups attached to an aromatic ring is 1. The Kier molecular flexibility index (Phi) is 3.04. The van der Waals surface area contributed by atoms with Crippen molar-refractivity contribution in [2.75, 3.05) is 18.9 Å². The van der Waals surface area contributed by atoms with Gasteiger partial charge in [0.1, 0.15) is 0 Å². The molecular weight excluding hydrogens is 224 g/mol. The van der Waals surface area contributed by atoms with E-state index in [0.29, 0.717) is 36.8 Å². The van der Waals surface area contributed by atoms with Gasteiger partial charge >= 0.3 is 0 Å². The second-order valence-corrected chi connectivity index (χ2v) is 4.45. The van der Waals surface area contributed by atoms with Crippen LogP contribution in [0.2, 0.25) is 5.02 Å². The predicted molar refractivity (Wildman–Crippen MR) is 63.2 cm³/mol. The highest BCUT2D eigenvalue weighted by atomic mass is 35.5. The van der Waals surface area contributed by atoms with Crippen molar-refractivity contribution in [3.05, 3.63) is 28.8 Å². The van der Waals surface area contributed by atoms with Crippen molar-refractivity contribution in [1.82, 2.24) is 0 Å². The summed E-state index contributed by atoms with van der Waals surface area (Å²) in [6.07, 6.45) is 1.43. The van der Waals surface area contributed by atoms with E-state index in [0.717, 1.165) is 5.56 Å². The van der Waals surface area contributed by atoms with Crippen molar-refractivity contribution in [3.63, 3.8) is 0 Å². The van der Waals surface area contributed by atoms with Crippen LogP contribution in [-0.2, 0) is 10.2 Å². The van der Waals surface area contributed by atoms with Crippen LogP contribution in [0.1, 0.15) is 18.4 Å². The summed E-state index contributed by atoms with van der Waals surface area (Å²) in [5.74, 6) is 0. The number of anilines is 1. The number of nitriles is 1. The molecule has 16 heavy (non-hydrogen) atoms. The summed E-state index contributed by atoms with van der Waals surface area (Å²) >= 11 is 5.88. The highest BCUT2D eigenvalue weighted by Crippen LogP contribution is 2.36. The molecule has 4 heteroatoms. The average Bonchev–Trinajstić information content (AvgIpc) is 2.33. The van der Waals surface area contributed by atoms with Gasteiger partial charge in [-0.25, -0.2) is 0 Å². The number of nitrogens with zero attached hydrogens (tertiary/aromatic N) is 1. The van der Waals surface area contributed by atoms with Gasteiger partial charge in [0, 0.05) is 13.2 Å². The molecule has 1 aliphatic rings. The fraction of sp³-hybridized carbons (Fsp3) is 0.417.